The number of hydrogen-bond acceptors (Lipinski definition) is 3. The molecule has 0 aliphatic carbocycles. The maximum Gasteiger partial charge on any atom is 0.124 e. The van der Waals surface area contributed by atoms with Gasteiger partial charge in [0.1, 0.15) is 11.8 Å². The van der Waals surface area contributed by atoms with Crippen molar-refractivity contribution in [3.05, 3.63) is 29.8 Å². The normalized spacial score (nSPS) is 11.8. The Morgan fingerprint density at radius 2 is 2.15 bits per heavy atom. The van der Waals surface area contributed by atoms with Crippen LogP contribution in [-0.4, -0.2) is 14.2 Å². The molecule has 68 valence electrons. The summed E-state index contributed by atoms with van der Waals surface area (Å²) in [7, 11) is 3.35. The maximum absolute atomic E-state index is 8.83. The summed E-state index contributed by atoms with van der Waals surface area (Å²) in [5, 5.41) is 11.7. The number of nitriles is 1. The number of nitrogens with one attached hydrogen (secondary N) is 1. The zero-order valence-electron chi connectivity index (χ0n) is 7.74. The molecule has 0 saturated carbocycles. The second-order valence-corrected chi connectivity index (χ2v) is 2.59. The molecule has 1 N–H and O–H groups in total. The van der Waals surface area contributed by atoms with Crippen LogP contribution in [0.25, 0.3) is 0 Å². The van der Waals surface area contributed by atoms with E-state index in [0.29, 0.717) is 0 Å². The number of methoxy groups -OCH3 is 1. The van der Waals surface area contributed by atoms with Gasteiger partial charge in [0.2, 0.25) is 0 Å². The highest BCUT2D eigenvalue weighted by Crippen LogP contribution is 2.23. The lowest BCUT2D eigenvalue weighted by Crippen LogP contribution is -2.14. The van der Waals surface area contributed by atoms with Gasteiger partial charge < -0.3 is 10.1 Å². The second kappa shape index (κ2) is 4.48. The Labute approximate surface area is 77.9 Å². The Hall–Kier alpha value is -1.53. The average Bonchev–Trinajstić information content (AvgIpc) is 2.20. The van der Waals surface area contributed by atoms with Crippen molar-refractivity contribution in [2.24, 2.45) is 0 Å². The fourth-order valence-electron chi connectivity index (χ4n) is 1.19. The minimum absolute atomic E-state index is 0.309. The standard InChI is InChI=1S/C10H12N2O/c1-12-9(7-11)8-5-3-4-6-10(8)13-2/h3-6,9,12H,1-2H3. The summed E-state index contributed by atoms with van der Waals surface area (Å²) in [6.45, 7) is 0. The molecular formula is C10H12N2O. The van der Waals surface area contributed by atoms with Gasteiger partial charge in [-0.05, 0) is 13.1 Å². The molecule has 3 nitrogen and oxygen atoms in total. The Balaban J connectivity index is 3.05. The van der Waals surface area contributed by atoms with Crippen LogP contribution in [0.2, 0.25) is 0 Å². The van der Waals surface area contributed by atoms with Crippen molar-refractivity contribution in [3.63, 3.8) is 0 Å². The highest BCUT2D eigenvalue weighted by atomic mass is 16.5. The number of para-hydroxylation sites is 1. The van der Waals surface area contributed by atoms with Crippen LogP contribution < -0.4 is 10.1 Å². The van der Waals surface area contributed by atoms with E-state index in [1.165, 1.54) is 0 Å². The van der Waals surface area contributed by atoms with Gasteiger partial charge in [-0.1, -0.05) is 18.2 Å². The molecular weight excluding hydrogens is 164 g/mol. The molecule has 0 heterocycles. The van der Waals surface area contributed by atoms with Crippen LogP contribution in [-0.2, 0) is 0 Å². The van der Waals surface area contributed by atoms with Gasteiger partial charge in [-0.3, -0.25) is 0 Å². The molecule has 0 fully saturated rings. The molecule has 0 bridgehead atoms. The van der Waals surface area contributed by atoms with Crippen molar-refractivity contribution in [3.8, 4) is 11.8 Å². The molecule has 0 spiro atoms. The van der Waals surface area contributed by atoms with Gasteiger partial charge >= 0.3 is 0 Å². The van der Waals surface area contributed by atoms with Crippen molar-refractivity contribution >= 4 is 0 Å². The molecule has 0 aromatic heterocycles. The Bertz CT molecular complexity index is 317. The topological polar surface area (TPSA) is 45.0 Å². The smallest absolute Gasteiger partial charge is 0.124 e. The molecule has 1 aromatic carbocycles. The lowest BCUT2D eigenvalue weighted by molar-refractivity contribution is 0.406. The van der Waals surface area contributed by atoms with Crippen LogP contribution in [0.4, 0.5) is 0 Å². The molecule has 1 atom stereocenters. The van der Waals surface area contributed by atoms with E-state index in [2.05, 4.69) is 11.4 Å². The second-order valence-electron chi connectivity index (χ2n) is 2.59. The first-order valence-corrected chi connectivity index (χ1v) is 4.03. The highest BCUT2D eigenvalue weighted by molar-refractivity contribution is 5.38. The Morgan fingerprint density at radius 1 is 1.46 bits per heavy atom. The fourth-order valence-corrected chi connectivity index (χ4v) is 1.19. The van der Waals surface area contributed by atoms with Crippen LogP contribution >= 0.6 is 0 Å². The van der Waals surface area contributed by atoms with Crippen LogP contribution in [0.5, 0.6) is 5.75 Å². The number of benzene rings is 1. The van der Waals surface area contributed by atoms with Crippen LogP contribution in [0.1, 0.15) is 11.6 Å². The van der Waals surface area contributed by atoms with Gasteiger partial charge in [-0.2, -0.15) is 5.26 Å². The minimum Gasteiger partial charge on any atom is -0.496 e. The molecule has 3 heteroatoms. The minimum atomic E-state index is -0.309. The summed E-state index contributed by atoms with van der Waals surface area (Å²) in [6, 6.07) is 9.33. The van der Waals surface area contributed by atoms with E-state index < -0.39 is 0 Å². The van der Waals surface area contributed by atoms with Gasteiger partial charge in [0.05, 0.1) is 13.2 Å². The fraction of sp³-hybridized carbons (Fsp3) is 0.300. The van der Waals surface area contributed by atoms with E-state index >= 15 is 0 Å². The van der Waals surface area contributed by atoms with Crippen molar-refractivity contribution in [2.45, 2.75) is 6.04 Å². The highest BCUT2D eigenvalue weighted by Gasteiger charge is 2.11. The van der Waals surface area contributed by atoms with Crippen LogP contribution in [0.15, 0.2) is 24.3 Å². The predicted molar refractivity (Wildman–Crippen MR) is 50.4 cm³/mol. The van der Waals surface area contributed by atoms with E-state index in [-0.39, 0.29) is 6.04 Å². The van der Waals surface area contributed by atoms with Crippen LogP contribution in [0, 0.1) is 11.3 Å². The zero-order valence-corrected chi connectivity index (χ0v) is 7.74. The first kappa shape index (κ1) is 9.56. The number of hydrogen-bond donors (Lipinski definition) is 1. The van der Waals surface area contributed by atoms with Gasteiger partial charge in [0.15, 0.2) is 0 Å². The first-order chi connectivity index (χ1) is 6.33. The molecule has 1 aromatic rings. The Kier molecular flexibility index (Phi) is 3.30. The summed E-state index contributed by atoms with van der Waals surface area (Å²) < 4.78 is 5.14. The van der Waals surface area contributed by atoms with E-state index in [0.717, 1.165) is 11.3 Å². The first-order valence-electron chi connectivity index (χ1n) is 4.03. The van der Waals surface area contributed by atoms with E-state index in [4.69, 9.17) is 10.00 Å². The maximum atomic E-state index is 8.83. The summed E-state index contributed by atoms with van der Waals surface area (Å²) in [5.41, 5.74) is 0.870. The molecule has 0 saturated heterocycles. The van der Waals surface area contributed by atoms with Crippen molar-refractivity contribution in [1.29, 1.82) is 5.26 Å². The van der Waals surface area contributed by atoms with E-state index in [1.807, 2.05) is 24.3 Å². The lowest BCUT2D eigenvalue weighted by Gasteiger charge is -2.11. The SMILES string of the molecule is CNC(C#N)c1ccccc1OC. The molecule has 0 amide bonds. The molecule has 1 unspecified atom stereocenters. The predicted octanol–water partition coefficient (Wildman–Crippen LogP) is 1.48. The van der Waals surface area contributed by atoms with Gasteiger partial charge in [0, 0.05) is 5.56 Å². The number of nitrogens with zero attached hydrogens (tertiary/aromatic N) is 1. The van der Waals surface area contributed by atoms with Crippen molar-refractivity contribution < 1.29 is 4.74 Å². The van der Waals surface area contributed by atoms with Crippen LogP contribution in [0.3, 0.4) is 0 Å². The summed E-state index contributed by atoms with van der Waals surface area (Å²) in [5.74, 6) is 0.739. The molecule has 0 aliphatic heterocycles. The third kappa shape index (κ3) is 1.98. The third-order valence-electron chi connectivity index (χ3n) is 1.87. The number of rotatable bonds is 3. The lowest BCUT2D eigenvalue weighted by atomic mass is 10.1. The van der Waals surface area contributed by atoms with Gasteiger partial charge in [0.25, 0.3) is 0 Å². The average molecular weight is 176 g/mol. The van der Waals surface area contributed by atoms with E-state index in [9.17, 15) is 0 Å². The summed E-state index contributed by atoms with van der Waals surface area (Å²) in [6.07, 6.45) is 0. The molecule has 0 aliphatic rings. The Morgan fingerprint density at radius 3 is 2.69 bits per heavy atom. The zero-order chi connectivity index (χ0) is 9.68. The summed E-state index contributed by atoms with van der Waals surface area (Å²) >= 11 is 0. The van der Waals surface area contributed by atoms with Gasteiger partial charge in [-0.15, -0.1) is 0 Å². The van der Waals surface area contributed by atoms with Gasteiger partial charge in [-0.25, -0.2) is 0 Å². The quantitative estimate of drug-likeness (QED) is 0.758. The third-order valence-corrected chi connectivity index (χ3v) is 1.87. The monoisotopic (exact) mass is 176 g/mol. The molecule has 0 radical (unpaired) electrons. The van der Waals surface area contributed by atoms with Crippen molar-refractivity contribution in [2.75, 3.05) is 14.2 Å². The molecule has 13 heavy (non-hydrogen) atoms. The summed E-state index contributed by atoms with van der Waals surface area (Å²) in [4.78, 5) is 0. The number of ether oxygens (including phenoxy) is 1. The van der Waals surface area contributed by atoms with Crippen molar-refractivity contribution in [1.82, 2.24) is 5.32 Å². The largest absolute Gasteiger partial charge is 0.496 e. The molecule has 1 rings (SSSR count). The van der Waals surface area contributed by atoms with E-state index in [1.54, 1.807) is 14.2 Å².